The summed E-state index contributed by atoms with van der Waals surface area (Å²) < 4.78 is 6.28. The Kier molecular flexibility index (Phi) is 4.66. The summed E-state index contributed by atoms with van der Waals surface area (Å²) in [4.78, 5) is 37.8. The van der Waals surface area contributed by atoms with Gasteiger partial charge in [0.1, 0.15) is 6.67 Å². The van der Waals surface area contributed by atoms with Crippen molar-refractivity contribution < 1.29 is 19.4 Å². The molecule has 120 valence electrons. The molecule has 1 aromatic heterocycles. The minimum atomic E-state index is -0.663. The van der Waals surface area contributed by atoms with E-state index in [0.717, 1.165) is 0 Å². The summed E-state index contributed by atoms with van der Waals surface area (Å²) in [6, 6.07) is 1.20. The second-order valence-corrected chi connectivity index (χ2v) is 4.93. The maximum Gasteiger partial charge on any atom is 0.277 e. The van der Waals surface area contributed by atoms with Crippen LogP contribution in [0.4, 0.5) is 0 Å². The Morgan fingerprint density at radius 2 is 2.23 bits per heavy atom. The number of ether oxygens (including phenoxy) is 1. The zero-order valence-electron chi connectivity index (χ0n) is 12.4. The Labute approximate surface area is 126 Å². The molecule has 0 aromatic carbocycles. The molecule has 2 N–H and O–H groups in total. The van der Waals surface area contributed by atoms with E-state index < -0.39 is 17.1 Å². The number of nitrogens with zero attached hydrogens (tertiary/aromatic N) is 3. The lowest BCUT2D eigenvalue weighted by Gasteiger charge is -2.33. The first kappa shape index (κ1) is 15.8. The first-order valence-corrected chi connectivity index (χ1v) is 6.65. The summed E-state index contributed by atoms with van der Waals surface area (Å²) >= 11 is 0. The van der Waals surface area contributed by atoms with E-state index in [-0.39, 0.29) is 18.9 Å². The van der Waals surface area contributed by atoms with Crippen molar-refractivity contribution in [3.8, 4) is 5.75 Å². The number of carbonyl (C=O) groups excluding carboxylic acids is 2. The number of aromatic nitrogens is 1. The van der Waals surface area contributed by atoms with Gasteiger partial charge < -0.3 is 25.1 Å². The molecule has 0 saturated heterocycles. The third kappa shape index (κ3) is 2.89. The summed E-state index contributed by atoms with van der Waals surface area (Å²) in [5.74, 6) is -1.09. The highest BCUT2D eigenvalue weighted by molar-refractivity contribution is 5.96. The summed E-state index contributed by atoms with van der Waals surface area (Å²) in [6.07, 6.45) is 0.611. The van der Waals surface area contributed by atoms with E-state index >= 15 is 0 Å². The van der Waals surface area contributed by atoms with Crippen LogP contribution in [0.5, 0.6) is 5.75 Å². The van der Waals surface area contributed by atoms with Crippen molar-refractivity contribution in [1.82, 2.24) is 14.5 Å². The largest absolute Gasteiger partial charge is 0.502 e. The van der Waals surface area contributed by atoms with Gasteiger partial charge in [0.25, 0.3) is 5.91 Å². The van der Waals surface area contributed by atoms with Crippen LogP contribution in [0.25, 0.3) is 0 Å². The van der Waals surface area contributed by atoms with Crippen molar-refractivity contribution in [2.75, 3.05) is 39.4 Å². The zero-order chi connectivity index (χ0) is 16.3. The average molecular weight is 310 g/mol. The fraction of sp³-hybridized carbons (Fsp3) is 0.462. The fourth-order valence-corrected chi connectivity index (χ4v) is 2.20. The Balaban J connectivity index is 2.43. The van der Waals surface area contributed by atoms with Crippen LogP contribution < -0.4 is 10.9 Å². The van der Waals surface area contributed by atoms with Crippen molar-refractivity contribution >= 4 is 12.3 Å². The predicted octanol–water partition coefficient (Wildman–Crippen LogP) is -1.25. The van der Waals surface area contributed by atoms with Crippen molar-refractivity contribution in [3.63, 3.8) is 0 Å². The zero-order valence-corrected chi connectivity index (χ0v) is 12.4. The Hall–Kier alpha value is -2.55. The number of aromatic hydroxyl groups is 1. The van der Waals surface area contributed by atoms with E-state index in [4.69, 9.17) is 4.74 Å². The van der Waals surface area contributed by atoms with Crippen LogP contribution in [0.15, 0.2) is 10.9 Å². The van der Waals surface area contributed by atoms with Gasteiger partial charge in [0, 0.05) is 26.8 Å². The lowest BCUT2D eigenvalue weighted by molar-refractivity contribution is -0.117. The number of fused-ring (bicyclic) bond motifs is 1. The first-order valence-electron chi connectivity index (χ1n) is 6.65. The van der Waals surface area contributed by atoms with Crippen molar-refractivity contribution in [3.05, 3.63) is 27.7 Å². The van der Waals surface area contributed by atoms with Gasteiger partial charge in [0.2, 0.25) is 11.8 Å². The molecule has 2 heterocycles. The standard InChI is InChI=1S/C13H18N4O5/c1-15(8-18)6-9-5-10(19)12(20)11-13(21)16(3-4-22-2)7-14-17(9)11/h5,8,14,20H,3-4,6-7H2,1-2H3. The van der Waals surface area contributed by atoms with E-state index in [0.29, 0.717) is 25.3 Å². The average Bonchev–Trinajstić information content (AvgIpc) is 2.50. The van der Waals surface area contributed by atoms with Gasteiger partial charge in [0.15, 0.2) is 11.4 Å². The van der Waals surface area contributed by atoms with Crippen molar-refractivity contribution in [1.29, 1.82) is 0 Å². The smallest absolute Gasteiger partial charge is 0.277 e. The molecule has 0 bridgehead atoms. The molecule has 0 aliphatic carbocycles. The van der Waals surface area contributed by atoms with Gasteiger partial charge in [-0.15, -0.1) is 0 Å². The molecule has 22 heavy (non-hydrogen) atoms. The molecule has 1 aliphatic rings. The monoisotopic (exact) mass is 310 g/mol. The second kappa shape index (κ2) is 6.48. The highest BCUT2D eigenvalue weighted by Crippen LogP contribution is 2.19. The van der Waals surface area contributed by atoms with Crippen LogP contribution >= 0.6 is 0 Å². The normalized spacial score (nSPS) is 13.5. The Morgan fingerprint density at radius 3 is 2.86 bits per heavy atom. The maximum absolute atomic E-state index is 12.4. The topological polar surface area (TPSA) is 104 Å². The summed E-state index contributed by atoms with van der Waals surface area (Å²) in [6.45, 7) is 1.00. The van der Waals surface area contributed by atoms with Crippen LogP contribution in [-0.4, -0.2) is 65.9 Å². The number of rotatable bonds is 6. The van der Waals surface area contributed by atoms with Crippen LogP contribution in [-0.2, 0) is 16.1 Å². The molecular formula is C13H18N4O5. The van der Waals surface area contributed by atoms with Crippen LogP contribution in [0.3, 0.4) is 0 Å². The third-order valence-electron chi connectivity index (χ3n) is 3.33. The molecule has 0 spiro atoms. The van der Waals surface area contributed by atoms with Crippen molar-refractivity contribution in [2.24, 2.45) is 0 Å². The number of hydrogen-bond acceptors (Lipinski definition) is 6. The molecule has 0 saturated carbocycles. The number of carbonyl (C=O) groups is 2. The molecule has 0 unspecified atom stereocenters. The highest BCUT2D eigenvalue weighted by Gasteiger charge is 2.29. The van der Waals surface area contributed by atoms with Crippen LogP contribution in [0.1, 0.15) is 16.2 Å². The summed E-state index contributed by atoms with van der Waals surface area (Å²) in [5.41, 5.74) is 2.55. The molecule has 9 nitrogen and oxygen atoms in total. The van der Waals surface area contributed by atoms with Gasteiger partial charge in [-0.25, -0.2) is 0 Å². The number of nitrogens with one attached hydrogen (secondary N) is 1. The van der Waals surface area contributed by atoms with Crippen LogP contribution in [0.2, 0.25) is 0 Å². The summed E-state index contributed by atoms with van der Waals surface area (Å²) in [5, 5.41) is 9.94. The SMILES string of the molecule is COCCN1CNn2c(CN(C)C=O)cc(=O)c(O)c2C1=O. The minimum absolute atomic E-state index is 0.129. The molecule has 2 amide bonds. The number of amides is 2. The van der Waals surface area contributed by atoms with E-state index in [1.54, 1.807) is 7.05 Å². The van der Waals surface area contributed by atoms with Gasteiger partial charge in [-0.1, -0.05) is 0 Å². The fourth-order valence-electron chi connectivity index (χ4n) is 2.20. The second-order valence-electron chi connectivity index (χ2n) is 4.93. The van der Waals surface area contributed by atoms with E-state index in [1.807, 2.05) is 0 Å². The molecule has 1 aliphatic heterocycles. The molecule has 0 fully saturated rings. The van der Waals surface area contributed by atoms with Crippen LogP contribution in [0, 0.1) is 0 Å². The Bertz CT molecular complexity index is 642. The number of methoxy groups -OCH3 is 1. The Morgan fingerprint density at radius 1 is 1.50 bits per heavy atom. The maximum atomic E-state index is 12.4. The molecule has 2 rings (SSSR count). The molecule has 9 heteroatoms. The summed E-state index contributed by atoms with van der Waals surface area (Å²) in [7, 11) is 3.07. The van der Waals surface area contributed by atoms with E-state index in [1.165, 1.54) is 27.7 Å². The lowest BCUT2D eigenvalue weighted by atomic mass is 10.2. The van der Waals surface area contributed by atoms with E-state index in [2.05, 4.69) is 5.43 Å². The first-order chi connectivity index (χ1) is 10.5. The number of pyridine rings is 1. The minimum Gasteiger partial charge on any atom is -0.502 e. The van der Waals surface area contributed by atoms with Gasteiger partial charge in [-0.05, 0) is 0 Å². The molecule has 1 aromatic rings. The molecule has 0 atom stereocenters. The third-order valence-corrected chi connectivity index (χ3v) is 3.33. The van der Waals surface area contributed by atoms with Gasteiger partial charge in [-0.2, -0.15) is 0 Å². The molecule has 0 radical (unpaired) electrons. The van der Waals surface area contributed by atoms with Crippen molar-refractivity contribution in [2.45, 2.75) is 6.54 Å². The quantitative estimate of drug-likeness (QED) is 0.636. The highest BCUT2D eigenvalue weighted by atomic mass is 16.5. The van der Waals surface area contributed by atoms with Gasteiger partial charge in [-0.3, -0.25) is 19.1 Å². The van der Waals surface area contributed by atoms with Gasteiger partial charge in [0.05, 0.1) is 18.8 Å². The predicted molar refractivity (Wildman–Crippen MR) is 77.0 cm³/mol. The molecular weight excluding hydrogens is 292 g/mol. The number of hydrogen-bond donors (Lipinski definition) is 2. The van der Waals surface area contributed by atoms with E-state index in [9.17, 15) is 19.5 Å². The lowest BCUT2D eigenvalue weighted by Crippen LogP contribution is -2.48. The van der Waals surface area contributed by atoms with Gasteiger partial charge >= 0.3 is 0 Å².